The van der Waals surface area contributed by atoms with E-state index >= 15 is 0 Å². The predicted molar refractivity (Wildman–Crippen MR) is 99.1 cm³/mol. The molecule has 3 aromatic rings. The molecule has 0 unspecified atom stereocenters. The Morgan fingerprint density at radius 2 is 1.75 bits per heavy atom. The number of rotatable bonds is 6. The Hall–Kier alpha value is -2.37. The van der Waals surface area contributed by atoms with Crippen molar-refractivity contribution in [3.8, 4) is 0 Å². The van der Waals surface area contributed by atoms with Crippen molar-refractivity contribution in [1.82, 2.24) is 9.71 Å². The van der Waals surface area contributed by atoms with Crippen molar-refractivity contribution in [2.24, 2.45) is 0 Å². The zero-order chi connectivity index (χ0) is 17.0. The lowest BCUT2D eigenvalue weighted by molar-refractivity contribution is 0.591. The van der Waals surface area contributed by atoms with Crippen LogP contribution in [0, 0.1) is 6.92 Å². The molecule has 0 saturated carbocycles. The van der Waals surface area contributed by atoms with Gasteiger partial charge in [0.25, 0.3) is 0 Å². The van der Waals surface area contributed by atoms with Crippen LogP contribution in [0.15, 0.2) is 60.0 Å². The van der Waals surface area contributed by atoms with Crippen LogP contribution in [-0.2, 0) is 16.4 Å². The summed E-state index contributed by atoms with van der Waals surface area (Å²) < 4.78 is 26.8. The van der Waals surface area contributed by atoms with Crippen LogP contribution >= 0.6 is 0 Å². The molecule has 2 aromatic carbocycles. The number of aromatic amines is 1. The average Bonchev–Trinajstić information content (AvgIpc) is 2.90. The molecule has 124 valence electrons. The van der Waals surface area contributed by atoms with Crippen molar-refractivity contribution in [3.63, 3.8) is 0 Å². The average molecular weight is 340 g/mol. The third-order valence-electron chi connectivity index (χ3n) is 3.94. The quantitative estimate of drug-likeness (QED) is 0.720. The molecule has 2 N–H and O–H groups in total. The number of para-hydroxylation sites is 1. The van der Waals surface area contributed by atoms with Crippen molar-refractivity contribution < 1.29 is 8.42 Å². The van der Waals surface area contributed by atoms with Crippen LogP contribution in [0.3, 0.4) is 0 Å². The molecule has 0 atom stereocenters. The zero-order valence-electron chi connectivity index (χ0n) is 13.5. The molecule has 0 aliphatic carbocycles. The summed E-state index contributed by atoms with van der Waals surface area (Å²) >= 11 is 0. The molecular formula is C19H20N2O2S. The van der Waals surface area contributed by atoms with E-state index in [-0.39, 0.29) is 0 Å². The third-order valence-corrected chi connectivity index (χ3v) is 5.05. The van der Waals surface area contributed by atoms with Crippen LogP contribution in [0.4, 0.5) is 0 Å². The molecular weight excluding hydrogens is 320 g/mol. The van der Waals surface area contributed by atoms with E-state index in [9.17, 15) is 8.42 Å². The van der Waals surface area contributed by atoms with Crippen LogP contribution < -0.4 is 4.72 Å². The fourth-order valence-electron chi connectivity index (χ4n) is 2.76. The molecule has 0 radical (unpaired) electrons. The lowest BCUT2D eigenvalue weighted by Crippen LogP contribution is -2.23. The highest BCUT2D eigenvalue weighted by Gasteiger charge is 2.09. The van der Waals surface area contributed by atoms with Gasteiger partial charge < -0.3 is 4.98 Å². The first-order chi connectivity index (χ1) is 11.6. The Morgan fingerprint density at radius 1 is 1.04 bits per heavy atom. The maximum Gasteiger partial charge on any atom is 0.233 e. The topological polar surface area (TPSA) is 62.0 Å². The van der Waals surface area contributed by atoms with E-state index in [1.165, 1.54) is 5.41 Å². The zero-order valence-corrected chi connectivity index (χ0v) is 14.3. The third kappa shape index (κ3) is 3.93. The minimum absolute atomic E-state index is 0.365. The van der Waals surface area contributed by atoms with E-state index in [0.29, 0.717) is 13.0 Å². The molecule has 4 nitrogen and oxygen atoms in total. The summed E-state index contributed by atoms with van der Waals surface area (Å²) in [7, 11) is -3.44. The van der Waals surface area contributed by atoms with Gasteiger partial charge in [-0.05, 0) is 36.6 Å². The van der Waals surface area contributed by atoms with Crippen LogP contribution in [0.1, 0.15) is 16.8 Å². The smallest absolute Gasteiger partial charge is 0.233 e. The van der Waals surface area contributed by atoms with E-state index < -0.39 is 10.0 Å². The van der Waals surface area contributed by atoms with Crippen LogP contribution in [0.2, 0.25) is 0 Å². The number of fused-ring (bicyclic) bond motifs is 1. The normalized spacial score (nSPS) is 12.2. The van der Waals surface area contributed by atoms with Gasteiger partial charge in [-0.1, -0.05) is 48.5 Å². The molecule has 0 saturated heterocycles. The van der Waals surface area contributed by atoms with Gasteiger partial charge in [-0.15, -0.1) is 0 Å². The van der Waals surface area contributed by atoms with Crippen molar-refractivity contribution in [2.45, 2.75) is 13.3 Å². The summed E-state index contributed by atoms with van der Waals surface area (Å²) in [5, 5.41) is 2.36. The first-order valence-electron chi connectivity index (χ1n) is 7.84. The SMILES string of the molecule is Cc1[nH]c2ccccc2c1CCNS(=O)(=O)/C=C/c1ccccc1. The molecule has 0 amide bonds. The molecule has 5 heteroatoms. The Kier molecular flexibility index (Phi) is 4.83. The highest BCUT2D eigenvalue weighted by molar-refractivity contribution is 7.92. The number of hydrogen-bond acceptors (Lipinski definition) is 2. The largest absolute Gasteiger partial charge is 0.358 e. The van der Waals surface area contributed by atoms with Gasteiger partial charge >= 0.3 is 0 Å². The van der Waals surface area contributed by atoms with Gasteiger partial charge in [0.15, 0.2) is 0 Å². The van der Waals surface area contributed by atoms with Crippen molar-refractivity contribution >= 4 is 27.0 Å². The van der Waals surface area contributed by atoms with Crippen molar-refractivity contribution in [1.29, 1.82) is 0 Å². The van der Waals surface area contributed by atoms with Gasteiger partial charge in [-0.25, -0.2) is 13.1 Å². The first kappa shape index (κ1) is 16.5. The van der Waals surface area contributed by atoms with Gasteiger partial charge in [0.1, 0.15) is 0 Å². The second-order valence-corrected chi connectivity index (χ2v) is 7.33. The number of H-pyrrole nitrogens is 1. The summed E-state index contributed by atoms with van der Waals surface area (Å²) in [6.45, 7) is 2.38. The highest BCUT2D eigenvalue weighted by Crippen LogP contribution is 2.21. The lowest BCUT2D eigenvalue weighted by atomic mass is 10.1. The number of aromatic nitrogens is 1. The minimum atomic E-state index is -3.44. The van der Waals surface area contributed by atoms with Gasteiger partial charge in [0.2, 0.25) is 10.0 Å². The molecule has 0 aliphatic heterocycles. The fourth-order valence-corrected chi connectivity index (χ4v) is 3.57. The van der Waals surface area contributed by atoms with Gasteiger partial charge in [-0.2, -0.15) is 0 Å². The van der Waals surface area contributed by atoms with Crippen molar-refractivity contribution in [2.75, 3.05) is 6.54 Å². The fraction of sp³-hybridized carbons (Fsp3) is 0.158. The van der Waals surface area contributed by atoms with Gasteiger partial charge in [-0.3, -0.25) is 0 Å². The summed E-state index contributed by atoms with van der Waals surface area (Å²) in [5.74, 6) is 0. The summed E-state index contributed by atoms with van der Waals surface area (Å²) in [4.78, 5) is 3.33. The lowest BCUT2D eigenvalue weighted by Gasteiger charge is -2.04. The van der Waals surface area contributed by atoms with E-state index in [0.717, 1.165) is 27.7 Å². The number of sulfonamides is 1. The highest BCUT2D eigenvalue weighted by atomic mass is 32.2. The summed E-state index contributed by atoms with van der Waals surface area (Å²) in [5.41, 5.74) is 4.17. The number of aryl methyl sites for hydroxylation is 1. The monoisotopic (exact) mass is 340 g/mol. The maximum atomic E-state index is 12.1. The van der Waals surface area contributed by atoms with Crippen LogP contribution in [0.5, 0.6) is 0 Å². The molecule has 0 fully saturated rings. The summed E-state index contributed by atoms with van der Waals surface area (Å²) in [6, 6.07) is 17.4. The van der Waals surface area contributed by atoms with Crippen LogP contribution in [-0.4, -0.2) is 19.9 Å². The minimum Gasteiger partial charge on any atom is -0.358 e. The molecule has 0 aliphatic rings. The second kappa shape index (κ2) is 7.03. The second-order valence-electron chi connectivity index (χ2n) is 5.68. The molecule has 24 heavy (non-hydrogen) atoms. The number of hydrogen-bond donors (Lipinski definition) is 2. The first-order valence-corrected chi connectivity index (χ1v) is 9.39. The van der Waals surface area contributed by atoms with Gasteiger partial charge in [0.05, 0.1) is 0 Å². The van der Waals surface area contributed by atoms with E-state index in [4.69, 9.17) is 0 Å². The number of nitrogens with one attached hydrogen (secondary N) is 2. The van der Waals surface area contributed by atoms with E-state index in [1.807, 2.05) is 55.5 Å². The number of benzene rings is 2. The Bertz CT molecular complexity index is 957. The van der Waals surface area contributed by atoms with Gasteiger partial charge in [0, 0.05) is 28.5 Å². The maximum absolute atomic E-state index is 12.1. The Balaban J connectivity index is 1.65. The Morgan fingerprint density at radius 3 is 2.54 bits per heavy atom. The van der Waals surface area contributed by atoms with Crippen LogP contribution in [0.25, 0.3) is 17.0 Å². The molecule has 1 aromatic heterocycles. The predicted octanol–water partition coefficient (Wildman–Crippen LogP) is 3.61. The van der Waals surface area contributed by atoms with E-state index in [1.54, 1.807) is 6.08 Å². The van der Waals surface area contributed by atoms with E-state index in [2.05, 4.69) is 15.8 Å². The molecule has 3 rings (SSSR count). The molecule has 0 bridgehead atoms. The molecule has 1 heterocycles. The Labute approximate surface area is 142 Å². The summed E-state index contributed by atoms with van der Waals surface area (Å²) in [6.07, 6.45) is 2.24. The van der Waals surface area contributed by atoms with Crippen molar-refractivity contribution in [3.05, 3.63) is 76.8 Å². The molecule has 0 spiro atoms. The standard InChI is InChI=1S/C19H20N2O2S/c1-15-17(18-9-5-6-10-19(18)21-15)11-13-20-24(22,23)14-12-16-7-3-2-4-8-16/h2-10,12,14,20-21H,11,13H2,1H3/b14-12+.